The molecule has 2 aliphatic heterocycles. The van der Waals surface area contributed by atoms with Gasteiger partial charge in [-0.3, -0.25) is 9.69 Å². The molecule has 4 heteroatoms. The second kappa shape index (κ2) is 6.37. The van der Waals surface area contributed by atoms with E-state index in [4.69, 9.17) is 0 Å². The Morgan fingerprint density at radius 2 is 1.91 bits per heavy atom. The fraction of sp³-hybridized carbons (Fsp3) is 0.611. The van der Waals surface area contributed by atoms with E-state index < -0.39 is 5.82 Å². The average molecular weight is 304 g/mol. The van der Waals surface area contributed by atoms with E-state index in [1.165, 1.54) is 32.4 Å². The van der Waals surface area contributed by atoms with Gasteiger partial charge in [-0.25, -0.2) is 4.39 Å². The van der Waals surface area contributed by atoms with Crippen molar-refractivity contribution < 1.29 is 9.18 Å². The molecule has 1 aromatic rings. The van der Waals surface area contributed by atoms with Crippen LogP contribution < -0.4 is 4.90 Å². The van der Waals surface area contributed by atoms with Crippen molar-refractivity contribution in [3.8, 4) is 0 Å². The van der Waals surface area contributed by atoms with Crippen LogP contribution in [0.3, 0.4) is 0 Å². The van der Waals surface area contributed by atoms with Gasteiger partial charge in [-0.05, 0) is 58.2 Å². The molecule has 0 aliphatic carbocycles. The van der Waals surface area contributed by atoms with E-state index in [-0.39, 0.29) is 11.3 Å². The van der Waals surface area contributed by atoms with Gasteiger partial charge in [0.15, 0.2) is 5.78 Å². The molecule has 0 saturated carbocycles. The highest BCUT2D eigenvalue weighted by molar-refractivity contribution is 6.00. The number of halogens is 1. The highest BCUT2D eigenvalue weighted by atomic mass is 19.1. The number of carbonyl (C=O) groups is 1. The first-order chi connectivity index (χ1) is 10.6. The molecular weight excluding hydrogens is 279 g/mol. The smallest absolute Gasteiger partial charge is 0.164 e. The summed E-state index contributed by atoms with van der Waals surface area (Å²) in [6, 6.07) is 6.28. The van der Waals surface area contributed by atoms with Crippen molar-refractivity contribution in [3.05, 3.63) is 29.6 Å². The lowest BCUT2D eigenvalue weighted by atomic mass is 10.00. The molecule has 2 fully saturated rings. The summed E-state index contributed by atoms with van der Waals surface area (Å²) in [5.74, 6) is -0.594. The van der Waals surface area contributed by atoms with Crippen LogP contribution in [0, 0.1) is 5.82 Å². The second-order valence-corrected chi connectivity index (χ2v) is 6.64. The normalized spacial score (nSPS) is 24.0. The standard InChI is InChI=1S/C18H25FN2O/c1-13-5-4-10-21(13)15-8-11-20(12-9-15)17-7-3-6-16(19)18(17)14(2)22/h3,6-7,13,15H,4-5,8-12H2,1-2H3. The van der Waals surface area contributed by atoms with Crippen molar-refractivity contribution in [2.24, 2.45) is 0 Å². The number of Topliss-reactive ketones (excluding diaryl/α,β-unsaturated/α-hetero) is 1. The van der Waals surface area contributed by atoms with Crippen molar-refractivity contribution in [2.75, 3.05) is 24.5 Å². The summed E-state index contributed by atoms with van der Waals surface area (Å²) in [6.45, 7) is 6.78. The van der Waals surface area contributed by atoms with Crippen molar-refractivity contribution in [1.82, 2.24) is 4.90 Å². The fourth-order valence-electron chi connectivity index (χ4n) is 4.06. The SMILES string of the molecule is CC(=O)c1c(F)cccc1N1CCC(N2CCCC2C)CC1. The molecule has 2 aliphatic rings. The molecule has 1 aromatic carbocycles. The summed E-state index contributed by atoms with van der Waals surface area (Å²) >= 11 is 0. The maximum atomic E-state index is 14.0. The summed E-state index contributed by atoms with van der Waals surface area (Å²) in [6.07, 6.45) is 4.80. The number of nitrogens with zero attached hydrogens (tertiary/aromatic N) is 2. The first-order valence-electron chi connectivity index (χ1n) is 8.38. The summed E-state index contributed by atoms with van der Waals surface area (Å²) in [5, 5.41) is 0. The Morgan fingerprint density at radius 1 is 1.18 bits per heavy atom. The average Bonchev–Trinajstić information content (AvgIpc) is 2.93. The van der Waals surface area contributed by atoms with E-state index in [0.717, 1.165) is 31.6 Å². The molecular formula is C18H25FN2O. The third-order valence-electron chi connectivity index (χ3n) is 5.22. The van der Waals surface area contributed by atoms with Crippen LogP contribution >= 0.6 is 0 Å². The molecule has 3 nitrogen and oxygen atoms in total. The van der Waals surface area contributed by atoms with Gasteiger partial charge in [-0.2, -0.15) is 0 Å². The molecule has 1 unspecified atom stereocenters. The quantitative estimate of drug-likeness (QED) is 0.799. The Bertz CT molecular complexity index is 552. The Balaban J connectivity index is 1.72. The van der Waals surface area contributed by atoms with Crippen LogP contribution in [0.25, 0.3) is 0 Å². The van der Waals surface area contributed by atoms with Crippen LogP contribution in [0.4, 0.5) is 10.1 Å². The predicted molar refractivity (Wildman–Crippen MR) is 87.0 cm³/mol. The summed E-state index contributed by atoms with van der Waals surface area (Å²) < 4.78 is 14.0. The van der Waals surface area contributed by atoms with Crippen molar-refractivity contribution >= 4 is 11.5 Å². The van der Waals surface area contributed by atoms with Crippen LogP contribution in [-0.2, 0) is 0 Å². The van der Waals surface area contributed by atoms with E-state index in [1.807, 2.05) is 6.07 Å². The van der Waals surface area contributed by atoms with Gasteiger partial charge in [0.2, 0.25) is 0 Å². The van der Waals surface area contributed by atoms with Gasteiger partial charge in [0.1, 0.15) is 5.82 Å². The van der Waals surface area contributed by atoms with Crippen LogP contribution in [-0.4, -0.2) is 42.4 Å². The maximum absolute atomic E-state index is 14.0. The first kappa shape index (κ1) is 15.5. The molecule has 1 atom stereocenters. The van der Waals surface area contributed by atoms with E-state index in [9.17, 15) is 9.18 Å². The minimum Gasteiger partial charge on any atom is -0.371 e. The number of ketones is 1. The monoisotopic (exact) mass is 304 g/mol. The Morgan fingerprint density at radius 3 is 2.50 bits per heavy atom. The number of hydrogen-bond acceptors (Lipinski definition) is 3. The Hall–Kier alpha value is -1.42. The van der Waals surface area contributed by atoms with E-state index in [0.29, 0.717) is 12.1 Å². The zero-order valence-corrected chi connectivity index (χ0v) is 13.5. The minimum atomic E-state index is -0.403. The topological polar surface area (TPSA) is 23.6 Å². The predicted octanol–water partition coefficient (Wildman–Crippen LogP) is 3.48. The van der Waals surface area contributed by atoms with E-state index in [1.54, 1.807) is 6.07 Å². The molecule has 0 bridgehead atoms. The molecule has 0 spiro atoms. The van der Waals surface area contributed by atoms with Gasteiger partial charge in [-0.15, -0.1) is 0 Å². The van der Waals surface area contributed by atoms with Gasteiger partial charge in [0.25, 0.3) is 0 Å². The van der Waals surface area contributed by atoms with Crippen molar-refractivity contribution in [1.29, 1.82) is 0 Å². The summed E-state index contributed by atoms with van der Waals surface area (Å²) in [7, 11) is 0. The summed E-state index contributed by atoms with van der Waals surface area (Å²) in [5.41, 5.74) is 1.01. The molecule has 0 radical (unpaired) electrons. The second-order valence-electron chi connectivity index (χ2n) is 6.64. The third kappa shape index (κ3) is 2.89. The highest BCUT2D eigenvalue weighted by Gasteiger charge is 2.31. The zero-order chi connectivity index (χ0) is 15.7. The zero-order valence-electron chi connectivity index (χ0n) is 13.5. The number of carbonyl (C=O) groups excluding carboxylic acids is 1. The lowest BCUT2D eigenvalue weighted by Gasteiger charge is -2.40. The lowest BCUT2D eigenvalue weighted by Crippen LogP contribution is -2.46. The van der Waals surface area contributed by atoms with Gasteiger partial charge in [0, 0.05) is 25.2 Å². The van der Waals surface area contributed by atoms with Gasteiger partial charge >= 0.3 is 0 Å². The number of benzene rings is 1. The number of likely N-dealkylation sites (tertiary alicyclic amines) is 1. The number of hydrogen-bond donors (Lipinski definition) is 0. The summed E-state index contributed by atoms with van der Waals surface area (Å²) in [4.78, 5) is 16.6. The van der Waals surface area contributed by atoms with Crippen LogP contribution in [0.2, 0.25) is 0 Å². The molecule has 0 amide bonds. The molecule has 2 saturated heterocycles. The third-order valence-corrected chi connectivity index (χ3v) is 5.22. The van der Waals surface area contributed by atoms with E-state index in [2.05, 4.69) is 16.7 Å². The maximum Gasteiger partial charge on any atom is 0.164 e. The highest BCUT2D eigenvalue weighted by Crippen LogP contribution is 2.30. The Labute approximate surface area is 132 Å². The molecule has 3 rings (SSSR count). The lowest BCUT2D eigenvalue weighted by molar-refractivity contribution is 0.101. The van der Waals surface area contributed by atoms with Crippen LogP contribution in [0.5, 0.6) is 0 Å². The van der Waals surface area contributed by atoms with Gasteiger partial charge in [0.05, 0.1) is 11.3 Å². The minimum absolute atomic E-state index is 0.191. The number of anilines is 1. The van der Waals surface area contributed by atoms with Gasteiger partial charge in [-0.1, -0.05) is 6.07 Å². The van der Waals surface area contributed by atoms with Crippen molar-refractivity contribution in [3.63, 3.8) is 0 Å². The van der Waals surface area contributed by atoms with Crippen LogP contribution in [0.15, 0.2) is 18.2 Å². The number of rotatable bonds is 3. The molecule has 0 aromatic heterocycles. The molecule has 120 valence electrons. The van der Waals surface area contributed by atoms with Gasteiger partial charge < -0.3 is 4.90 Å². The van der Waals surface area contributed by atoms with Crippen molar-refractivity contribution in [2.45, 2.75) is 51.6 Å². The van der Waals surface area contributed by atoms with Crippen LogP contribution in [0.1, 0.15) is 49.9 Å². The fourth-order valence-corrected chi connectivity index (χ4v) is 4.06. The molecule has 0 N–H and O–H groups in total. The van der Waals surface area contributed by atoms with E-state index >= 15 is 0 Å². The molecule has 22 heavy (non-hydrogen) atoms. The Kier molecular flexibility index (Phi) is 4.48. The molecule has 2 heterocycles. The largest absolute Gasteiger partial charge is 0.371 e. The number of piperidine rings is 1. The first-order valence-corrected chi connectivity index (χ1v) is 8.38.